The number of nitrogens with two attached hydrogens (primary N) is 1. The average molecular weight is 525 g/mol. The average Bonchev–Trinajstić information content (AvgIpc) is 2.82. The number of nitrogens with one attached hydrogen (secondary N) is 2. The largest absolute Gasteiger partial charge is 0.433 e. The number of para-hydroxylation sites is 1. The Hall–Kier alpha value is -2.48. The number of amides is 1. The molecular formula is C23H30F6N4O3. The number of halogens is 6. The maximum Gasteiger partial charge on any atom is 0.433 e. The van der Waals surface area contributed by atoms with Gasteiger partial charge in [0.2, 0.25) is 5.91 Å². The van der Waals surface area contributed by atoms with Gasteiger partial charge < -0.3 is 26.2 Å². The van der Waals surface area contributed by atoms with Gasteiger partial charge in [-0.25, -0.2) is 4.98 Å². The fourth-order valence-electron chi connectivity index (χ4n) is 3.97. The van der Waals surface area contributed by atoms with Gasteiger partial charge in [0.25, 0.3) is 0 Å². The van der Waals surface area contributed by atoms with Crippen molar-refractivity contribution in [1.29, 1.82) is 0 Å². The highest BCUT2D eigenvalue weighted by Crippen LogP contribution is 2.40. The highest BCUT2D eigenvalue weighted by molar-refractivity contribution is 5.86. The van der Waals surface area contributed by atoms with E-state index in [9.17, 15) is 36.2 Å². The molecule has 1 aromatic carbocycles. The van der Waals surface area contributed by atoms with Crippen LogP contribution in [-0.4, -0.2) is 54.4 Å². The minimum absolute atomic E-state index is 0.0664. The van der Waals surface area contributed by atoms with Gasteiger partial charge >= 0.3 is 12.4 Å². The molecule has 1 aliphatic rings. The van der Waals surface area contributed by atoms with Crippen LogP contribution in [0.25, 0.3) is 10.9 Å². The van der Waals surface area contributed by atoms with E-state index in [0.717, 1.165) is 6.07 Å². The second-order valence-electron chi connectivity index (χ2n) is 7.91. The van der Waals surface area contributed by atoms with Crippen molar-refractivity contribution in [3.05, 3.63) is 41.1 Å². The maximum atomic E-state index is 13.5. The fourth-order valence-corrected chi connectivity index (χ4v) is 3.97. The Morgan fingerprint density at radius 3 is 2.56 bits per heavy atom. The molecule has 2 heterocycles. The molecule has 0 spiro atoms. The molecule has 1 fully saturated rings. The molecule has 0 radical (unpaired) electrons. The molecule has 5 N–H and O–H groups in total. The Labute approximate surface area is 204 Å². The number of benzene rings is 1. The third-order valence-electron chi connectivity index (χ3n) is 5.48. The van der Waals surface area contributed by atoms with E-state index in [2.05, 4.69) is 15.6 Å². The van der Waals surface area contributed by atoms with Crippen LogP contribution in [0.4, 0.5) is 26.3 Å². The SMILES string of the molecule is CC.NC(=O)CNCCOC1CCCNC1C(O)c1cc(C(F)(F)F)nc2c(C(F)(F)F)cccc12. The number of aliphatic hydroxyl groups is 1. The first kappa shape index (κ1) is 29.7. The van der Waals surface area contributed by atoms with Crippen molar-refractivity contribution in [2.75, 3.05) is 26.2 Å². The van der Waals surface area contributed by atoms with Gasteiger partial charge in [-0.1, -0.05) is 26.0 Å². The number of piperidine rings is 1. The number of hydrogen-bond acceptors (Lipinski definition) is 6. The van der Waals surface area contributed by atoms with Gasteiger partial charge in [-0.2, -0.15) is 26.3 Å². The summed E-state index contributed by atoms with van der Waals surface area (Å²) in [7, 11) is 0. The molecule has 0 aliphatic carbocycles. The van der Waals surface area contributed by atoms with Crippen molar-refractivity contribution in [3.63, 3.8) is 0 Å². The number of carbonyl (C=O) groups excluding carboxylic acids is 1. The number of fused-ring (bicyclic) bond motifs is 1. The van der Waals surface area contributed by atoms with E-state index < -0.39 is 53.3 Å². The molecule has 2 aromatic rings. The maximum absolute atomic E-state index is 13.5. The number of alkyl halides is 6. The molecule has 202 valence electrons. The number of ether oxygens (including phenoxy) is 1. The van der Waals surface area contributed by atoms with E-state index in [0.29, 0.717) is 31.5 Å². The van der Waals surface area contributed by atoms with E-state index >= 15 is 0 Å². The predicted molar refractivity (Wildman–Crippen MR) is 121 cm³/mol. The van der Waals surface area contributed by atoms with Crippen LogP contribution in [0.3, 0.4) is 0 Å². The molecule has 1 aliphatic heterocycles. The monoisotopic (exact) mass is 524 g/mol. The highest BCUT2D eigenvalue weighted by Gasteiger charge is 2.40. The molecule has 1 amide bonds. The minimum Gasteiger partial charge on any atom is -0.387 e. The Morgan fingerprint density at radius 2 is 1.94 bits per heavy atom. The zero-order valence-electron chi connectivity index (χ0n) is 19.8. The topological polar surface area (TPSA) is 110 Å². The standard InChI is InChI=1S/C21H24F6N4O3.C2H6/c22-20(23,24)13-4-1-3-11-12(9-15(21(25,26)27)31-17(11)13)19(33)18-14(5-2-6-30-18)34-8-7-29-10-16(28)32;1-2/h1,3-4,9,14,18-19,29-30,33H,2,5-8,10H2,(H2,28,32);1-2H3. The van der Waals surface area contributed by atoms with E-state index in [1.165, 1.54) is 6.07 Å². The summed E-state index contributed by atoms with van der Waals surface area (Å²) < 4.78 is 86.7. The second kappa shape index (κ2) is 12.7. The van der Waals surface area contributed by atoms with Gasteiger partial charge in [-0.05, 0) is 37.1 Å². The Kier molecular flexibility index (Phi) is 10.5. The quantitative estimate of drug-likeness (QED) is 0.311. The lowest BCUT2D eigenvalue weighted by atomic mass is 9.89. The first-order valence-electron chi connectivity index (χ1n) is 11.5. The Morgan fingerprint density at radius 1 is 1.25 bits per heavy atom. The third-order valence-corrected chi connectivity index (χ3v) is 5.48. The van der Waals surface area contributed by atoms with Gasteiger partial charge in [0, 0.05) is 11.9 Å². The number of nitrogens with zero attached hydrogens (tertiary/aromatic N) is 1. The molecule has 36 heavy (non-hydrogen) atoms. The summed E-state index contributed by atoms with van der Waals surface area (Å²) in [6, 6.07) is 2.60. The van der Waals surface area contributed by atoms with Crippen molar-refractivity contribution < 1.29 is 41.0 Å². The molecule has 0 bridgehead atoms. The minimum atomic E-state index is -5.02. The van der Waals surface area contributed by atoms with Gasteiger partial charge in [0.1, 0.15) is 5.69 Å². The normalized spacial score (nSPS) is 19.5. The van der Waals surface area contributed by atoms with Gasteiger partial charge in [-0.15, -0.1) is 0 Å². The van der Waals surface area contributed by atoms with Crippen LogP contribution in [0.2, 0.25) is 0 Å². The molecule has 13 heteroatoms. The van der Waals surface area contributed by atoms with Crippen LogP contribution in [0, 0.1) is 0 Å². The zero-order valence-corrected chi connectivity index (χ0v) is 19.8. The van der Waals surface area contributed by atoms with Crippen LogP contribution in [0.15, 0.2) is 24.3 Å². The van der Waals surface area contributed by atoms with E-state index in [-0.39, 0.29) is 30.6 Å². The van der Waals surface area contributed by atoms with Crippen molar-refractivity contribution in [1.82, 2.24) is 15.6 Å². The summed E-state index contributed by atoms with van der Waals surface area (Å²) in [6.45, 7) is 4.74. The smallest absolute Gasteiger partial charge is 0.387 e. The molecular weight excluding hydrogens is 494 g/mol. The first-order valence-corrected chi connectivity index (χ1v) is 11.5. The van der Waals surface area contributed by atoms with E-state index in [4.69, 9.17) is 10.5 Å². The number of pyridine rings is 1. The van der Waals surface area contributed by atoms with Crippen molar-refractivity contribution in [2.24, 2.45) is 5.73 Å². The summed E-state index contributed by atoms with van der Waals surface area (Å²) in [5.41, 5.74) is 0.955. The molecule has 3 atom stereocenters. The zero-order chi connectivity index (χ0) is 27.1. The van der Waals surface area contributed by atoms with Crippen molar-refractivity contribution in [3.8, 4) is 0 Å². The lowest BCUT2D eigenvalue weighted by molar-refractivity contribution is -0.142. The predicted octanol–water partition coefficient (Wildman–Crippen LogP) is 3.54. The van der Waals surface area contributed by atoms with Gasteiger partial charge in [-0.3, -0.25) is 4.79 Å². The molecule has 1 saturated heterocycles. The van der Waals surface area contributed by atoms with E-state index in [1.807, 2.05) is 13.8 Å². The molecule has 7 nitrogen and oxygen atoms in total. The van der Waals surface area contributed by atoms with Crippen LogP contribution in [-0.2, 0) is 21.9 Å². The highest BCUT2D eigenvalue weighted by atomic mass is 19.4. The number of rotatable bonds is 8. The number of aromatic nitrogens is 1. The number of carbonyl (C=O) groups is 1. The summed E-state index contributed by atoms with van der Waals surface area (Å²) in [5.74, 6) is -0.559. The van der Waals surface area contributed by atoms with Gasteiger partial charge in [0.05, 0.1) is 42.5 Å². The van der Waals surface area contributed by atoms with Crippen molar-refractivity contribution in [2.45, 2.75) is 57.3 Å². The second-order valence-corrected chi connectivity index (χ2v) is 7.91. The Bertz CT molecular complexity index is 1020. The van der Waals surface area contributed by atoms with Gasteiger partial charge in [0.15, 0.2) is 0 Å². The summed E-state index contributed by atoms with van der Waals surface area (Å²) in [5, 5.41) is 16.6. The molecule has 3 rings (SSSR count). The van der Waals surface area contributed by atoms with Crippen LogP contribution < -0.4 is 16.4 Å². The molecule has 1 aromatic heterocycles. The number of hydrogen-bond donors (Lipinski definition) is 4. The third kappa shape index (κ3) is 7.51. The summed E-state index contributed by atoms with van der Waals surface area (Å²) in [4.78, 5) is 14.0. The van der Waals surface area contributed by atoms with Crippen molar-refractivity contribution >= 4 is 16.8 Å². The van der Waals surface area contributed by atoms with E-state index in [1.54, 1.807) is 0 Å². The fraction of sp³-hybridized carbons (Fsp3) is 0.565. The number of primary amides is 1. The van der Waals surface area contributed by atoms with Crippen LogP contribution in [0.1, 0.15) is 49.6 Å². The lowest BCUT2D eigenvalue weighted by Crippen LogP contribution is -2.50. The van der Waals surface area contributed by atoms with Crippen LogP contribution in [0.5, 0.6) is 0 Å². The summed E-state index contributed by atoms with van der Waals surface area (Å²) >= 11 is 0. The summed E-state index contributed by atoms with van der Waals surface area (Å²) in [6.07, 6.45) is -11.1. The number of aliphatic hydroxyl groups excluding tert-OH is 1. The van der Waals surface area contributed by atoms with Crippen LogP contribution >= 0.6 is 0 Å². The lowest BCUT2D eigenvalue weighted by Gasteiger charge is -2.36. The first-order chi connectivity index (χ1) is 16.9. The Balaban J connectivity index is 0.00000222. The molecule has 3 unspecified atom stereocenters. The molecule has 0 saturated carbocycles.